The SMILES string of the molecule is CCOC(=O)C1CC2(Cl)C(Cl)=C(Cl)N1C2(Cl)Cl. The van der Waals surface area contributed by atoms with Crippen LogP contribution in [0.1, 0.15) is 13.3 Å². The number of esters is 1. The van der Waals surface area contributed by atoms with Crippen LogP contribution in [-0.4, -0.2) is 32.8 Å². The lowest BCUT2D eigenvalue weighted by Crippen LogP contribution is -2.42. The summed E-state index contributed by atoms with van der Waals surface area (Å²) in [5.41, 5.74) is 0. The molecular formula is C9H8Cl5NO2. The van der Waals surface area contributed by atoms with E-state index in [1.54, 1.807) is 6.92 Å². The molecule has 1 saturated heterocycles. The molecule has 2 atom stereocenters. The van der Waals surface area contributed by atoms with Crippen molar-refractivity contribution < 1.29 is 9.53 Å². The number of carbonyl (C=O) groups excluding carboxylic acids is 1. The molecule has 8 heteroatoms. The monoisotopic (exact) mass is 337 g/mol. The molecule has 1 fully saturated rings. The standard InChI is InChI=1S/C9H8Cl5NO2/c1-2-17-7(16)4-3-8(12)5(10)6(11)15(4)9(8,13)14/h4H,2-3H2,1H3. The molecule has 2 unspecified atom stereocenters. The number of fused-ring (bicyclic) bond motifs is 2. The van der Waals surface area contributed by atoms with Crippen molar-refractivity contribution in [1.29, 1.82) is 0 Å². The maximum Gasteiger partial charge on any atom is 0.328 e. The van der Waals surface area contributed by atoms with Crippen LogP contribution < -0.4 is 0 Å². The van der Waals surface area contributed by atoms with E-state index in [0.29, 0.717) is 0 Å². The molecule has 2 bridgehead atoms. The van der Waals surface area contributed by atoms with Gasteiger partial charge in [-0.15, -0.1) is 11.6 Å². The number of rotatable bonds is 2. The van der Waals surface area contributed by atoms with Gasteiger partial charge in [0.15, 0.2) is 0 Å². The summed E-state index contributed by atoms with van der Waals surface area (Å²) in [4.78, 5) is 11.8. The molecule has 3 nitrogen and oxygen atoms in total. The Morgan fingerprint density at radius 1 is 1.47 bits per heavy atom. The van der Waals surface area contributed by atoms with Gasteiger partial charge in [0.25, 0.3) is 0 Å². The first kappa shape index (κ1) is 13.9. The van der Waals surface area contributed by atoms with E-state index in [0.717, 1.165) is 0 Å². The van der Waals surface area contributed by atoms with Crippen LogP contribution in [0.15, 0.2) is 10.2 Å². The lowest BCUT2D eigenvalue weighted by atomic mass is 10.0. The van der Waals surface area contributed by atoms with Crippen LogP contribution in [-0.2, 0) is 9.53 Å². The van der Waals surface area contributed by atoms with Crippen LogP contribution >= 0.6 is 58.0 Å². The Labute approximate surface area is 124 Å². The molecule has 0 saturated carbocycles. The van der Waals surface area contributed by atoms with E-state index in [9.17, 15) is 4.79 Å². The Morgan fingerprint density at radius 2 is 2.06 bits per heavy atom. The molecule has 0 amide bonds. The number of nitrogens with zero attached hydrogens (tertiary/aromatic N) is 1. The predicted octanol–water partition coefficient (Wildman–Crippen LogP) is 3.39. The highest BCUT2D eigenvalue weighted by Crippen LogP contribution is 2.64. The fourth-order valence-electron chi connectivity index (χ4n) is 2.05. The number of hydrogen-bond donors (Lipinski definition) is 0. The lowest BCUT2D eigenvalue weighted by Gasteiger charge is -2.29. The molecule has 0 spiro atoms. The second kappa shape index (κ2) is 4.24. The molecule has 17 heavy (non-hydrogen) atoms. The highest BCUT2D eigenvalue weighted by Gasteiger charge is 2.70. The van der Waals surface area contributed by atoms with Crippen LogP contribution in [0, 0.1) is 0 Å². The number of halogens is 5. The Balaban J connectivity index is 2.39. The van der Waals surface area contributed by atoms with Gasteiger partial charge >= 0.3 is 5.97 Å². The van der Waals surface area contributed by atoms with Crippen molar-refractivity contribution in [2.24, 2.45) is 0 Å². The first-order valence-electron chi connectivity index (χ1n) is 4.85. The van der Waals surface area contributed by atoms with Gasteiger partial charge in [-0.3, -0.25) is 0 Å². The summed E-state index contributed by atoms with van der Waals surface area (Å²) >= 11 is 30.5. The van der Waals surface area contributed by atoms with Crippen LogP contribution in [0.25, 0.3) is 0 Å². The third-order valence-electron chi connectivity index (χ3n) is 2.86. The predicted molar refractivity (Wildman–Crippen MR) is 68.6 cm³/mol. The molecule has 2 aliphatic rings. The molecule has 2 rings (SSSR count). The minimum absolute atomic E-state index is 0.0935. The molecule has 0 aromatic rings. The molecule has 96 valence electrons. The van der Waals surface area contributed by atoms with E-state index in [1.165, 1.54) is 4.90 Å². The largest absolute Gasteiger partial charge is 0.464 e. The first-order chi connectivity index (χ1) is 7.77. The van der Waals surface area contributed by atoms with Gasteiger partial charge < -0.3 is 9.64 Å². The van der Waals surface area contributed by atoms with Crippen molar-refractivity contribution in [3.8, 4) is 0 Å². The second-order valence-corrected chi connectivity index (χ2v) is 6.46. The Kier molecular flexibility index (Phi) is 3.46. The van der Waals surface area contributed by atoms with Gasteiger partial charge in [0.05, 0.1) is 11.6 Å². The molecule has 0 aromatic heterocycles. The summed E-state index contributed by atoms with van der Waals surface area (Å²) in [6, 6.07) is -0.711. The van der Waals surface area contributed by atoms with Crippen LogP contribution in [0.3, 0.4) is 0 Å². The summed E-state index contributed by atoms with van der Waals surface area (Å²) in [7, 11) is 0. The molecule has 2 aliphatic heterocycles. The maximum atomic E-state index is 11.8. The zero-order valence-corrected chi connectivity index (χ0v) is 12.4. The lowest BCUT2D eigenvalue weighted by molar-refractivity contribution is -0.148. The van der Waals surface area contributed by atoms with Crippen molar-refractivity contribution in [2.45, 2.75) is 28.7 Å². The van der Waals surface area contributed by atoms with Crippen molar-refractivity contribution >= 4 is 64.0 Å². The zero-order chi connectivity index (χ0) is 13.0. The fraction of sp³-hybridized carbons (Fsp3) is 0.667. The highest BCUT2D eigenvalue weighted by atomic mass is 35.5. The molecule has 0 aliphatic carbocycles. The summed E-state index contributed by atoms with van der Waals surface area (Å²) < 4.78 is 3.38. The first-order valence-corrected chi connectivity index (χ1v) is 6.74. The molecule has 0 aromatic carbocycles. The van der Waals surface area contributed by atoms with E-state index in [1.807, 2.05) is 0 Å². The Hall–Kier alpha value is 0.460. The topological polar surface area (TPSA) is 29.5 Å². The van der Waals surface area contributed by atoms with Gasteiger partial charge in [0.2, 0.25) is 4.46 Å². The normalized spacial score (nSPS) is 34.5. The summed E-state index contributed by atoms with van der Waals surface area (Å²) in [6.07, 6.45) is 0.162. The van der Waals surface area contributed by atoms with Gasteiger partial charge in [-0.1, -0.05) is 46.4 Å². The van der Waals surface area contributed by atoms with Crippen LogP contribution in [0.2, 0.25) is 0 Å². The van der Waals surface area contributed by atoms with E-state index in [-0.39, 0.29) is 23.2 Å². The van der Waals surface area contributed by atoms with Gasteiger partial charge in [0, 0.05) is 6.42 Å². The zero-order valence-electron chi connectivity index (χ0n) is 8.65. The van der Waals surface area contributed by atoms with Gasteiger partial charge in [-0.05, 0) is 6.92 Å². The molecular weight excluding hydrogens is 331 g/mol. The van der Waals surface area contributed by atoms with Crippen LogP contribution in [0.5, 0.6) is 0 Å². The molecule has 0 N–H and O–H groups in total. The van der Waals surface area contributed by atoms with E-state index in [4.69, 9.17) is 62.7 Å². The van der Waals surface area contributed by atoms with E-state index < -0.39 is 21.3 Å². The van der Waals surface area contributed by atoms with E-state index in [2.05, 4.69) is 0 Å². The summed E-state index contributed by atoms with van der Waals surface area (Å²) in [6.45, 7) is 1.96. The van der Waals surface area contributed by atoms with Crippen molar-refractivity contribution in [2.75, 3.05) is 6.61 Å². The van der Waals surface area contributed by atoms with Gasteiger partial charge in [-0.2, -0.15) is 0 Å². The summed E-state index contributed by atoms with van der Waals surface area (Å²) in [5, 5.41) is 0.252. The Morgan fingerprint density at radius 3 is 2.47 bits per heavy atom. The van der Waals surface area contributed by atoms with Gasteiger partial charge in [0.1, 0.15) is 16.1 Å². The fourth-order valence-corrected chi connectivity index (χ4v) is 4.06. The van der Waals surface area contributed by atoms with Crippen molar-refractivity contribution in [3.63, 3.8) is 0 Å². The third-order valence-corrected chi connectivity index (χ3v) is 5.75. The maximum absolute atomic E-state index is 11.8. The third kappa shape index (κ3) is 1.67. The average molecular weight is 339 g/mol. The number of carbonyl (C=O) groups is 1. The van der Waals surface area contributed by atoms with Crippen molar-refractivity contribution in [3.05, 3.63) is 10.2 Å². The van der Waals surface area contributed by atoms with Crippen LogP contribution in [0.4, 0.5) is 0 Å². The average Bonchev–Trinajstić information content (AvgIpc) is 2.52. The highest BCUT2D eigenvalue weighted by molar-refractivity contribution is 6.59. The van der Waals surface area contributed by atoms with Gasteiger partial charge in [-0.25, -0.2) is 4.79 Å². The van der Waals surface area contributed by atoms with E-state index >= 15 is 0 Å². The molecule has 0 radical (unpaired) electrons. The molecule has 2 heterocycles. The quantitative estimate of drug-likeness (QED) is 0.439. The summed E-state index contributed by atoms with van der Waals surface area (Å²) in [5.74, 6) is -0.469. The smallest absolute Gasteiger partial charge is 0.328 e. The number of ether oxygens (including phenoxy) is 1. The number of alkyl halides is 3. The Bertz CT molecular complexity index is 410. The number of hydrogen-bond acceptors (Lipinski definition) is 3. The second-order valence-electron chi connectivity index (χ2n) is 3.79. The minimum Gasteiger partial charge on any atom is -0.464 e. The minimum atomic E-state index is -1.54. The van der Waals surface area contributed by atoms with Crippen molar-refractivity contribution in [1.82, 2.24) is 4.90 Å².